The molecule has 1 aromatic carbocycles. The number of carbonyl (C=O) groups is 2. The molecule has 90 valence electrons. The maximum Gasteiger partial charge on any atom is 0.316 e. The first-order valence-corrected chi connectivity index (χ1v) is 5.31. The Labute approximate surface area is 97.7 Å². The van der Waals surface area contributed by atoms with Gasteiger partial charge in [-0.1, -0.05) is 6.07 Å². The normalized spacial score (nSPS) is 19.8. The Morgan fingerprint density at radius 3 is 2.82 bits per heavy atom. The molecular weight excluding hydrogens is 225 g/mol. The van der Waals surface area contributed by atoms with Crippen molar-refractivity contribution < 1.29 is 19.1 Å². The van der Waals surface area contributed by atoms with E-state index in [0.29, 0.717) is 12.2 Å². The first kappa shape index (κ1) is 11.6. The molecule has 17 heavy (non-hydrogen) atoms. The van der Waals surface area contributed by atoms with Crippen molar-refractivity contribution in [2.24, 2.45) is 5.92 Å². The number of benzene rings is 1. The molecule has 0 spiro atoms. The summed E-state index contributed by atoms with van der Waals surface area (Å²) in [5, 5.41) is 8.85. The summed E-state index contributed by atoms with van der Waals surface area (Å²) >= 11 is 0. The van der Waals surface area contributed by atoms with Crippen LogP contribution in [0.3, 0.4) is 0 Å². The van der Waals surface area contributed by atoms with E-state index in [1.807, 2.05) is 0 Å². The molecule has 5 heteroatoms. The first-order valence-electron chi connectivity index (χ1n) is 5.31. The van der Waals surface area contributed by atoms with E-state index < -0.39 is 23.6 Å². The van der Waals surface area contributed by atoms with Gasteiger partial charge < -0.3 is 10.0 Å². The Bertz CT molecular complexity index is 487. The summed E-state index contributed by atoms with van der Waals surface area (Å²) in [6.07, 6.45) is 0.268. The van der Waals surface area contributed by atoms with Crippen molar-refractivity contribution in [3.05, 3.63) is 29.6 Å². The molecule has 0 aliphatic carbocycles. The van der Waals surface area contributed by atoms with Crippen LogP contribution in [0, 0.1) is 18.7 Å². The average molecular weight is 237 g/mol. The second kappa shape index (κ2) is 4.16. The van der Waals surface area contributed by atoms with Crippen LogP contribution in [0.1, 0.15) is 12.0 Å². The van der Waals surface area contributed by atoms with Gasteiger partial charge in [0.25, 0.3) is 0 Å². The number of rotatable bonds is 2. The van der Waals surface area contributed by atoms with Crippen LogP contribution in [-0.2, 0) is 9.59 Å². The standard InChI is InChI=1S/C12H12FNO3/c1-7-2-3-8(13)6-10(7)14-5-4-9(11(14)15)12(16)17/h2-3,6,9H,4-5H2,1H3,(H,16,17). The van der Waals surface area contributed by atoms with Gasteiger partial charge in [-0.3, -0.25) is 9.59 Å². The topological polar surface area (TPSA) is 57.6 Å². The summed E-state index contributed by atoms with van der Waals surface area (Å²) in [6, 6.07) is 4.15. The van der Waals surface area contributed by atoms with E-state index in [2.05, 4.69) is 0 Å². The van der Waals surface area contributed by atoms with E-state index in [-0.39, 0.29) is 6.42 Å². The maximum absolute atomic E-state index is 13.1. The minimum atomic E-state index is -1.12. The third-order valence-electron chi connectivity index (χ3n) is 2.97. The van der Waals surface area contributed by atoms with Gasteiger partial charge in [-0.2, -0.15) is 0 Å². The van der Waals surface area contributed by atoms with Gasteiger partial charge in [-0.15, -0.1) is 0 Å². The number of hydrogen-bond acceptors (Lipinski definition) is 2. The van der Waals surface area contributed by atoms with E-state index >= 15 is 0 Å². The van der Waals surface area contributed by atoms with Crippen LogP contribution in [0.5, 0.6) is 0 Å². The largest absolute Gasteiger partial charge is 0.481 e. The third-order valence-corrected chi connectivity index (χ3v) is 2.97. The lowest BCUT2D eigenvalue weighted by atomic mass is 10.1. The fraction of sp³-hybridized carbons (Fsp3) is 0.333. The number of aryl methyl sites for hydroxylation is 1. The van der Waals surface area contributed by atoms with E-state index in [4.69, 9.17) is 5.11 Å². The van der Waals surface area contributed by atoms with Crippen LogP contribution in [0.4, 0.5) is 10.1 Å². The lowest BCUT2D eigenvalue weighted by Gasteiger charge is -2.18. The summed E-state index contributed by atoms with van der Waals surface area (Å²) in [5.74, 6) is -3.02. The number of amides is 1. The zero-order valence-corrected chi connectivity index (χ0v) is 9.31. The van der Waals surface area contributed by atoms with Crippen LogP contribution in [-0.4, -0.2) is 23.5 Å². The van der Waals surface area contributed by atoms with Gasteiger partial charge in [0.15, 0.2) is 0 Å². The molecule has 4 nitrogen and oxygen atoms in total. The summed E-state index contributed by atoms with van der Waals surface area (Å²) in [6.45, 7) is 2.08. The SMILES string of the molecule is Cc1ccc(F)cc1N1CCC(C(=O)O)C1=O. The van der Waals surface area contributed by atoms with Crippen molar-refractivity contribution >= 4 is 17.6 Å². The fourth-order valence-corrected chi connectivity index (χ4v) is 2.02. The van der Waals surface area contributed by atoms with Gasteiger partial charge in [0.05, 0.1) is 0 Å². The highest BCUT2D eigenvalue weighted by molar-refractivity contribution is 6.08. The highest BCUT2D eigenvalue weighted by atomic mass is 19.1. The monoisotopic (exact) mass is 237 g/mol. The van der Waals surface area contributed by atoms with Crippen LogP contribution in [0.25, 0.3) is 0 Å². The van der Waals surface area contributed by atoms with Crippen LogP contribution in [0.2, 0.25) is 0 Å². The molecule has 2 rings (SSSR count). The predicted octanol–water partition coefficient (Wildman–Crippen LogP) is 1.57. The van der Waals surface area contributed by atoms with Crippen LogP contribution >= 0.6 is 0 Å². The maximum atomic E-state index is 13.1. The van der Waals surface area contributed by atoms with Crippen molar-refractivity contribution in [2.45, 2.75) is 13.3 Å². The highest BCUT2D eigenvalue weighted by Gasteiger charge is 2.38. The lowest BCUT2D eigenvalue weighted by molar-refractivity contribution is -0.144. The Kier molecular flexibility index (Phi) is 2.83. The van der Waals surface area contributed by atoms with E-state index in [9.17, 15) is 14.0 Å². The minimum absolute atomic E-state index is 0.268. The van der Waals surface area contributed by atoms with Crippen LogP contribution in [0.15, 0.2) is 18.2 Å². The average Bonchev–Trinajstić information content (AvgIpc) is 2.64. The number of carboxylic acids is 1. The van der Waals surface area contributed by atoms with Gasteiger partial charge in [0, 0.05) is 12.2 Å². The van der Waals surface area contributed by atoms with Gasteiger partial charge in [-0.05, 0) is 31.0 Å². The molecule has 1 aromatic rings. The number of halogens is 1. The molecule has 1 aliphatic rings. The number of aliphatic carboxylic acids is 1. The molecule has 1 amide bonds. The zero-order valence-electron chi connectivity index (χ0n) is 9.31. The third kappa shape index (κ3) is 2.00. The molecular formula is C12H12FNO3. The number of anilines is 1. The Morgan fingerprint density at radius 2 is 2.24 bits per heavy atom. The van der Waals surface area contributed by atoms with E-state index in [1.165, 1.54) is 17.0 Å². The summed E-state index contributed by atoms with van der Waals surface area (Å²) in [5.41, 5.74) is 1.21. The van der Waals surface area contributed by atoms with E-state index in [1.54, 1.807) is 13.0 Å². The smallest absolute Gasteiger partial charge is 0.316 e. The molecule has 0 radical (unpaired) electrons. The highest BCUT2D eigenvalue weighted by Crippen LogP contribution is 2.28. The molecule has 0 aromatic heterocycles. The predicted molar refractivity (Wildman–Crippen MR) is 59.2 cm³/mol. The zero-order chi connectivity index (χ0) is 12.6. The van der Waals surface area contributed by atoms with Gasteiger partial charge in [-0.25, -0.2) is 4.39 Å². The molecule has 1 N–H and O–H groups in total. The van der Waals surface area contributed by atoms with Gasteiger partial charge >= 0.3 is 5.97 Å². The minimum Gasteiger partial charge on any atom is -0.481 e. The molecule has 0 saturated carbocycles. The summed E-state index contributed by atoms with van der Waals surface area (Å²) in [4.78, 5) is 24.0. The molecule has 1 atom stereocenters. The Hall–Kier alpha value is -1.91. The number of nitrogens with zero attached hydrogens (tertiary/aromatic N) is 1. The van der Waals surface area contributed by atoms with Gasteiger partial charge in [0.2, 0.25) is 5.91 Å². The van der Waals surface area contributed by atoms with Gasteiger partial charge in [0.1, 0.15) is 11.7 Å². The van der Waals surface area contributed by atoms with Crippen molar-refractivity contribution in [3.8, 4) is 0 Å². The molecule has 0 bridgehead atoms. The quantitative estimate of drug-likeness (QED) is 0.794. The summed E-state index contributed by atoms with van der Waals surface area (Å²) < 4.78 is 13.1. The molecule has 1 aliphatic heterocycles. The molecule has 1 heterocycles. The van der Waals surface area contributed by atoms with Crippen molar-refractivity contribution in [1.29, 1.82) is 0 Å². The van der Waals surface area contributed by atoms with Crippen molar-refractivity contribution in [3.63, 3.8) is 0 Å². The van der Waals surface area contributed by atoms with Crippen LogP contribution < -0.4 is 4.90 Å². The second-order valence-corrected chi connectivity index (χ2v) is 4.10. The molecule has 1 fully saturated rings. The number of hydrogen-bond donors (Lipinski definition) is 1. The van der Waals surface area contributed by atoms with Crippen molar-refractivity contribution in [1.82, 2.24) is 0 Å². The van der Waals surface area contributed by atoms with E-state index in [0.717, 1.165) is 5.56 Å². The Morgan fingerprint density at radius 1 is 1.53 bits per heavy atom. The molecule has 1 saturated heterocycles. The van der Waals surface area contributed by atoms with Crippen molar-refractivity contribution in [2.75, 3.05) is 11.4 Å². The number of carbonyl (C=O) groups excluding carboxylic acids is 1. The second-order valence-electron chi connectivity index (χ2n) is 4.10. The lowest BCUT2D eigenvalue weighted by Crippen LogP contribution is -2.30. The Balaban J connectivity index is 2.33. The number of carboxylic acid groups (broad SMARTS) is 1. The fourth-order valence-electron chi connectivity index (χ4n) is 2.02. The first-order chi connectivity index (χ1) is 8.00. The summed E-state index contributed by atoms with van der Waals surface area (Å²) in [7, 11) is 0. The molecule has 1 unspecified atom stereocenters.